The van der Waals surface area contributed by atoms with E-state index < -0.39 is 15.3 Å². The quantitative estimate of drug-likeness (QED) is 0.737. The van der Waals surface area contributed by atoms with Gasteiger partial charge in [-0.05, 0) is 19.1 Å². The number of hydrogen-bond donors (Lipinski definition) is 2. The van der Waals surface area contributed by atoms with Crippen molar-refractivity contribution in [2.75, 3.05) is 0 Å². The second-order valence-corrected chi connectivity index (χ2v) is 5.79. The second kappa shape index (κ2) is 5.33. The maximum atomic E-state index is 11.6. The van der Waals surface area contributed by atoms with Crippen LogP contribution in [0.15, 0.2) is 24.4 Å². The minimum absolute atomic E-state index is 0.0477. The summed E-state index contributed by atoms with van der Waals surface area (Å²) in [5.41, 5.74) is 5.93. The fourth-order valence-electron chi connectivity index (χ4n) is 0.955. The predicted octanol–water partition coefficient (Wildman–Crippen LogP) is 0.176. The minimum Gasteiger partial charge on any atom is -0.392 e. The highest BCUT2D eigenvalue weighted by Crippen LogP contribution is 2.01. The van der Waals surface area contributed by atoms with E-state index in [1.807, 2.05) is 0 Å². The van der Waals surface area contributed by atoms with Crippen LogP contribution in [-0.4, -0.2) is 23.6 Å². The van der Waals surface area contributed by atoms with E-state index in [9.17, 15) is 8.42 Å². The summed E-state index contributed by atoms with van der Waals surface area (Å²) in [6.45, 7) is 1.58. The van der Waals surface area contributed by atoms with Gasteiger partial charge in [-0.25, -0.2) is 13.1 Å². The van der Waals surface area contributed by atoms with Crippen molar-refractivity contribution >= 4 is 27.2 Å². The molecule has 1 heterocycles. The Morgan fingerprint density at radius 3 is 2.81 bits per heavy atom. The Morgan fingerprint density at radius 1 is 1.62 bits per heavy atom. The third kappa shape index (κ3) is 3.51. The third-order valence-corrected chi connectivity index (χ3v) is 4.28. The van der Waals surface area contributed by atoms with E-state index in [4.69, 9.17) is 5.73 Å². The monoisotopic (exact) mass is 259 g/mol. The molecule has 1 unspecified atom stereocenters. The average Bonchev–Trinajstić information content (AvgIpc) is 2.27. The Labute approximate surface area is 100 Å². The zero-order valence-electron chi connectivity index (χ0n) is 8.75. The molecule has 1 aromatic rings. The van der Waals surface area contributed by atoms with Gasteiger partial charge in [0.15, 0.2) is 0 Å². The highest BCUT2D eigenvalue weighted by atomic mass is 32.2. The van der Waals surface area contributed by atoms with Crippen molar-refractivity contribution in [3.05, 3.63) is 30.1 Å². The molecule has 7 heteroatoms. The van der Waals surface area contributed by atoms with E-state index >= 15 is 0 Å². The van der Waals surface area contributed by atoms with E-state index in [0.29, 0.717) is 5.69 Å². The largest absolute Gasteiger partial charge is 0.392 e. The Bertz CT molecular complexity index is 459. The van der Waals surface area contributed by atoms with Crippen molar-refractivity contribution in [2.45, 2.75) is 18.7 Å². The number of hydrogen-bond acceptors (Lipinski definition) is 4. The van der Waals surface area contributed by atoms with Gasteiger partial charge in [0, 0.05) is 6.20 Å². The summed E-state index contributed by atoms with van der Waals surface area (Å²) < 4.78 is 25.7. The van der Waals surface area contributed by atoms with Crippen LogP contribution in [0, 0.1) is 0 Å². The maximum Gasteiger partial charge on any atom is 0.221 e. The zero-order valence-corrected chi connectivity index (χ0v) is 10.4. The Hall–Kier alpha value is -1.05. The molecule has 0 amide bonds. The molecule has 1 aromatic heterocycles. The number of sulfonamides is 1. The van der Waals surface area contributed by atoms with Crippen molar-refractivity contribution in [1.29, 1.82) is 0 Å². The predicted molar refractivity (Wildman–Crippen MR) is 66.2 cm³/mol. The number of nitrogens with two attached hydrogens (primary N) is 1. The van der Waals surface area contributed by atoms with Crippen LogP contribution in [0.5, 0.6) is 0 Å². The smallest absolute Gasteiger partial charge is 0.221 e. The van der Waals surface area contributed by atoms with Crippen molar-refractivity contribution in [2.24, 2.45) is 5.73 Å². The molecule has 0 spiro atoms. The average molecular weight is 259 g/mol. The molecule has 0 bridgehead atoms. The lowest BCUT2D eigenvalue weighted by Crippen LogP contribution is -2.39. The summed E-state index contributed by atoms with van der Waals surface area (Å²) in [4.78, 5) is 3.95. The Morgan fingerprint density at radius 2 is 2.31 bits per heavy atom. The van der Waals surface area contributed by atoms with Crippen molar-refractivity contribution in [3.63, 3.8) is 0 Å². The van der Waals surface area contributed by atoms with Crippen molar-refractivity contribution < 1.29 is 8.42 Å². The van der Waals surface area contributed by atoms with Crippen LogP contribution in [-0.2, 0) is 16.6 Å². The maximum absolute atomic E-state index is 11.6. The fraction of sp³-hybridized carbons (Fsp3) is 0.333. The van der Waals surface area contributed by atoms with E-state index in [0.717, 1.165) is 0 Å². The van der Waals surface area contributed by atoms with Crippen molar-refractivity contribution in [3.8, 4) is 0 Å². The Balaban J connectivity index is 2.65. The first kappa shape index (κ1) is 13.0. The molecule has 16 heavy (non-hydrogen) atoms. The zero-order chi connectivity index (χ0) is 12.2. The summed E-state index contributed by atoms with van der Waals surface area (Å²) in [5.74, 6) is 0. The van der Waals surface area contributed by atoms with E-state index in [2.05, 4.69) is 21.9 Å². The molecule has 1 rings (SSSR count). The summed E-state index contributed by atoms with van der Waals surface area (Å²) in [7, 11) is -3.51. The van der Waals surface area contributed by atoms with Gasteiger partial charge in [0.05, 0.1) is 17.2 Å². The first-order chi connectivity index (χ1) is 7.43. The molecule has 0 fully saturated rings. The summed E-state index contributed by atoms with van der Waals surface area (Å²) >= 11 is 4.64. The molecule has 3 N–H and O–H groups in total. The normalized spacial score (nSPS) is 13.3. The lowest BCUT2D eigenvalue weighted by atomic mass is 10.4. The van der Waals surface area contributed by atoms with Crippen LogP contribution in [0.4, 0.5) is 0 Å². The lowest BCUT2D eigenvalue weighted by molar-refractivity contribution is 0.577. The molecule has 5 nitrogen and oxygen atoms in total. The van der Waals surface area contributed by atoms with Gasteiger partial charge in [-0.2, -0.15) is 0 Å². The molecule has 88 valence electrons. The minimum atomic E-state index is -3.51. The number of rotatable bonds is 5. The highest BCUT2D eigenvalue weighted by molar-refractivity contribution is 7.93. The Kier molecular flexibility index (Phi) is 4.34. The van der Waals surface area contributed by atoms with Crippen LogP contribution < -0.4 is 10.5 Å². The number of pyridine rings is 1. The third-order valence-electron chi connectivity index (χ3n) is 2.05. The number of nitrogens with one attached hydrogen (secondary N) is 1. The summed E-state index contributed by atoms with van der Waals surface area (Å²) in [5, 5.41) is -0.883. The van der Waals surface area contributed by atoms with E-state index in [-0.39, 0.29) is 11.5 Å². The number of thiocarbonyl (C=S) groups is 1. The van der Waals surface area contributed by atoms with Crippen LogP contribution >= 0.6 is 12.2 Å². The first-order valence-corrected chi connectivity index (χ1v) is 6.56. The van der Waals surface area contributed by atoms with Gasteiger partial charge in [0.1, 0.15) is 5.25 Å². The van der Waals surface area contributed by atoms with Crippen LogP contribution in [0.25, 0.3) is 0 Å². The second-order valence-electron chi connectivity index (χ2n) is 3.23. The number of aromatic nitrogens is 1. The van der Waals surface area contributed by atoms with Gasteiger partial charge >= 0.3 is 0 Å². The molecule has 0 radical (unpaired) electrons. The standard InChI is InChI=1S/C9H13N3O2S2/c1-7(9(10)15)16(13,14)12-6-8-4-2-3-5-11-8/h2-5,7,12H,6H2,1H3,(H2,10,15). The van der Waals surface area contributed by atoms with Gasteiger partial charge in [-0.3, -0.25) is 4.98 Å². The fourth-order valence-corrected chi connectivity index (χ4v) is 2.24. The molecule has 1 atom stereocenters. The van der Waals surface area contributed by atoms with Gasteiger partial charge in [0.2, 0.25) is 10.0 Å². The number of nitrogens with zero attached hydrogens (tertiary/aromatic N) is 1. The van der Waals surface area contributed by atoms with Gasteiger partial charge in [-0.1, -0.05) is 18.3 Å². The molecule has 0 aliphatic carbocycles. The molecule has 0 saturated carbocycles. The summed E-state index contributed by atoms with van der Waals surface area (Å²) in [6, 6.07) is 5.28. The molecular weight excluding hydrogens is 246 g/mol. The van der Waals surface area contributed by atoms with E-state index in [1.165, 1.54) is 6.92 Å². The SMILES string of the molecule is CC(C(N)=S)S(=O)(=O)NCc1ccccn1. The molecule has 0 aliphatic rings. The topological polar surface area (TPSA) is 85.1 Å². The van der Waals surface area contributed by atoms with Crippen LogP contribution in [0.1, 0.15) is 12.6 Å². The van der Waals surface area contributed by atoms with Gasteiger partial charge in [-0.15, -0.1) is 0 Å². The molecular formula is C9H13N3O2S2. The lowest BCUT2D eigenvalue weighted by Gasteiger charge is -2.11. The van der Waals surface area contributed by atoms with Crippen LogP contribution in [0.2, 0.25) is 0 Å². The molecule has 0 aliphatic heterocycles. The van der Waals surface area contributed by atoms with Gasteiger partial charge < -0.3 is 5.73 Å². The summed E-state index contributed by atoms with van der Waals surface area (Å²) in [6.07, 6.45) is 1.60. The van der Waals surface area contributed by atoms with Crippen LogP contribution in [0.3, 0.4) is 0 Å². The van der Waals surface area contributed by atoms with E-state index in [1.54, 1.807) is 24.4 Å². The highest BCUT2D eigenvalue weighted by Gasteiger charge is 2.22. The molecule has 0 saturated heterocycles. The van der Waals surface area contributed by atoms with Gasteiger partial charge in [0.25, 0.3) is 0 Å². The first-order valence-electron chi connectivity index (χ1n) is 4.61. The van der Waals surface area contributed by atoms with Crippen molar-refractivity contribution in [1.82, 2.24) is 9.71 Å². The molecule has 0 aromatic carbocycles.